The molecule has 2 N–H and O–H groups in total. The number of nitrogens with two attached hydrogens (primary N) is 1. The zero-order valence-electron chi connectivity index (χ0n) is 10.9. The summed E-state index contributed by atoms with van der Waals surface area (Å²) in [4.78, 5) is -0.0423. The normalized spacial score (nSPS) is 19.6. The highest BCUT2D eigenvalue weighted by Gasteiger charge is 2.33. The van der Waals surface area contributed by atoms with Gasteiger partial charge in [-0.25, -0.2) is 16.8 Å². The zero-order chi connectivity index (χ0) is 15.0. The van der Waals surface area contributed by atoms with Gasteiger partial charge in [-0.1, -0.05) is 0 Å². The lowest BCUT2D eigenvalue weighted by atomic mass is 10.3. The highest BCUT2D eigenvalue weighted by atomic mass is 32.2. The molecular weight excluding hydrogens is 304 g/mol. The number of benzene rings is 1. The van der Waals surface area contributed by atoms with Crippen LogP contribution in [0.25, 0.3) is 0 Å². The van der Waals surface area contributed by atoms with E-state index in [1.54, 1.807) is 6.07 Å². The topological polar surface area (TPSA) is 107 Å². The van der Waals surface area contributed by atoms with Crippen LogP contribution in [-0.2, 0) is 19.9 Å². The summed E-state index contributed by atoms with van der Waals surface area (Å²) in [7, 11) is -5.59. The Hall–Kier alpha value is -1.32. The maximum absolute atomic E-state index is 12.5. The summed E-state index contributed by atoms with van der Waals surface area (Å²) in [6, 6.07) is 4.33. The minimum Gasteiger partial charge on any atom is -0.495 e. The van der Waals surface area contributed by atoms with Crippen LogP contribution in [0, 0.1) is 0 Å². The first-order valence-electron chi connectivity index (χ1n) is 5.90. The molecule has 0 amide bonds. The average Bonchev–Trinajstić information content (AvgIpc) is 2.38. The molecule has 0 spiro atoms. The smallest absolute Gasteiger partial charge is 0.246 e. The first-order valence-corrected chi connectivity index (χ1v) is 9.16. The molecule has 1 aliphatic heterocycles. The van der Waals surface area contributed by atoms with Crippen LogP contribution in [0.2, 0.25) is 0 Å². The lowest BCUT2D eigenvalue weighted by Gasteiger charge is -2.26. The fraction of sp³-hybridized carbons (Fsp3) is 0.455. The third-order valence-electron chi connectivity index (χ3n) is 3.11. The Balaban J connectivity index is 2.39. The molecule has 112 valence electrons. The fourth-order valence-corrected chi connectivity index (χ4v) is 5.03. The van der Waals surface area contributed by atoms with Crippen molar-refractivity contribution in [1.29, 1.82) is 0 Å². The highest BCUT2D eigenvalue weighted by Crippen LogP contribution is 2.29. The van der Waals surface area contributed by atoms with Crippen molar-refractivity contribution < 1.29 is 21.6 Å². The highest BCUT2D eigenvalue weighted by molar-refractivity contribution is 7.92. The molecule has 1 aliphatic rings. The summed E-state index contributed by atoms with van der Waals surface area (Å²) in [5.41, 5.74) is 5.92. The van der Waals surface area contributed by atoms with Crippen LogP contribution in [0.15, 0.2) is 23.1 Å². The Labute approximate surface area is 118 Å². The van der Waals surface area contributed by atoms with Gasteiger partial charge in [0.05, 0.1) is 18.6 Å². The van der Waals surface area contributed by atoms with E-state index in [4.69, 9.17) is 10.5 Å². The van der Waals surface area contributed by atoms with Crippen molar-refractivity contribution in [3.8, 4) is 5.75 Å². The molecule has 1 fully saturated rings. The predicted molar refractivity (Wildman–Crippen MR) is 74.8 cm³/mol. The quantitative estimate of drug-likeness (QED) is 0.766. The fourth-order valence-electron chi connectivity index (χ4n) is 1.97. The number of hydrogen-bond donors (Lipinski definition) is 1. The molecule has 0 atom stereocenters. The summed E-state index contributed by atoms with van der Waals surface area (Å²) >= 11 is 0. The molecule has 1 heterocycles. The minimum absolute atomic E-state index is 0.0423. The van der Waals surface area contributed by atoms with Gasteiger partial charge in [-0.3, -0.25) is 0 Å². The molecule has 1 saturated heterocycles. The average molecular weight is 320 g/mol. The van der Waals surface area contributed by atoms with E-state index < -0.39 is 19.9 Å². The van der Waals surface area contributed by atoms with Crippen molar-refractivity contribution in [2.75, 3.05) is 37.4 Å². The van der Waals surface area contributed by atoms with Crippen molar-refractivity contribution in [2.45, 2.75) is 4.90 Å². The number of nitrogen functional groups attached to an aromatic ring is 1. The molecule has 1 aromatic carbocycles. The second kappa shape index (κ2) is 5.23. The summed E-state index contributed by atoms with van der Waals surface area (Å²) in [5, 5.41) is 0. The minimum atomic E-state index is -3.81. The van der Waals surface area contributed by atoms with Crippen LogP contribution in [0.1, 0.15) is 0 Å². The number of ether oxygens (including phenoxy) is 1. The van der Waals surface area contributed by atoms with E-state index in [1.807, 2.05) is 0 Å². The van der Waals surface area contributed by atoms with E-state index in [0.29, 0.717) is 5.69 Å². The molecule has 2 rings (SSSR count). The van der Waals surface area contributed by atoms with Crippen LogP contribution in [0.3, 0.4) is 0 Å². The van der Waals surface area contributed by atoms with Crippen molar-refractivity contribution in [1.82, 2.24) is 4.31 Å². The molecule has 0 unspecified atom stereocenters. The van der Waals surface area contributed by atoms with Crippen molar-refractivity contribution >= 4 is 25.5 Å². The second-order valence-corrected chi connectivity index (χ2v) is 8.68. The Morgan fingerprint density at radius 3 is 2.40 bits per heavy atom. The van der Waals surface area contributed by atoms with E-state index in [1.165, 1.54) is 19.2 Å². The van der Waals surface area contributed by atoms with Gasteiger partial charge in [-0.2, -0.15) is 4.31 Å². The van der Waals surface area contributed by atoms with Gasteiger partial charge in [-0.15, -0.1) is 0 Å². The molecule has 0 radical (unpaired) electrons. The largest absolute Gasteiger partial charge is 0.495 e. The Morgan fingerprint density at radius 1 is 1.25 bits per heavy atom. The van der Waals surface area contributed by atoms with Crippen LogP contribution in [-0.4, -0.2) is 52.8 Å². The number of hydrogen-bond acceptors (Lipinski definition) is 6. The van der Waals surface area contributed by atoms with Crippen LogP contribution < -0.4 is 10.5 Å². The van der Waals surface area contributed by atoms with Gasteiger partial charge >= 0.3 is 0 Å². The third-order valence-corrected chi connectivity index (χ3v) is 6.64. The zero-order valence-corrected chi connectivity index (χ0v) is 12.6. The number of rotatable bonds is 3. The van der Waals surface area contributed by atoms with E-state index in [-0.39, 0.29) is 35.2 Å². The molecule has 0 aliphatic carbocycles. The molecule has 0 saturated carbocycles. The first-order chi connectivity index (χ1) is 9.26. The molecule has 7 nitrogen and oxygen atoms in total. The van der Waals surface area contributed by atoms with E-state index in [9.17, 15) is 16.8 Å². The van der Waals surface area contributed by atoms with Gasteiger partial charge in [0.25, 0.3) is 0 Å². The van der Waals surface area contributed by atoms with Gasteiger partial charge in [0.15, 0.2) is 9.84 Å². The molecule has 9 heteroatoms. The van der Waals surface area contributed by atoms with Gasteiger partial charge in [0, 0.05) is 18.8 Å². The van der Waals surface area contributed by atoms with Crippen LogP contribution in [0.4, 0.5) is 5.69 Å². The summed E-state index contributed by atoms with van der Waals surface area (Å²) in [5.74, 6) is -0.152. The molecule has 1 aromatic rings. The molecule has 0 bridgehead atoms. The van der Waals surface area contributed by atoms with Crippen molar-refractivity contribution in [3.05, 3.63) is 18.2 Å². The van der Waals surface area contributed by atoms with Crippen molar-refractivity contribution in [3.63, 3.8) is 0 Å². The van der Waals surface area contributed by atoms with Crippen LogP contribution >= 0.6 is 0 Å². The SMILES string of the molecule is COc1ccc(N)cc1S(=O)(=O)N1CCS(=O)(=O)CC1. The predicted octanol–water partition coefficient (Wildman–Crippen LogP) is -0.303. The monoisotopic (exact) mass is 320 g/mol. The van der Waals surface area contributed by atoms with E-state index >= 15 is 0 Å². The van der Waals surface area contributed by atoms with Crippen LogP contribution in [0.5, 0.6) is 5.75 Å². The maximum atomic E-state index is 12.5. The number of anilines is 1. The van der Waals surface area contributed by atoms with Crippen molar-refractivity contribution in [2.24, 2.45) is 0 Å². The first kappa shape index (κ1) is 15.1. The van der Waals surface area contributed by atoms with Gasteiger partial charge < -0.3 is 10.5 Å². The number of sulfone groups is 1. The van der Waals surface area contributed by atoms with Gasteiger partial charge in [0.2, 0.25) is 10.0 Å². The number of sulfonamides is 1. The Morgan fingerprint density at radius 2 is 1.85 bits per heavy atom. The Kier molecular flexibility index (Phi) is 3.94. The molecule has 20 heavy (non-hydrogen) atoms. The molecular formula is C11H16N2O5S2. The van der Waals surface area contributed by atoms with E-state index in [0.717, 1.165) is 4.31 Å². The van der Waals surface area contributed by atoms with Gasteiger partial charge in [0.1, 0.15) is 10.6 Å². The lowest BCUT2D eigenvalue weighted by Crippen LogP contribution is -2.43. The number of methoxy groups -OCH3 is 1. The summed E-state index contributed by atoms with van der Waals surface area (Å²) in [6.45, 7) is -0.106. The summed E-state index contributed by atoms with van der Waals surface area (Å²) in [6.07, 6.45) is 0. The second-order valence-electron chi connectivity index (χ2n) is 4.47. The Bertz CT molecular complexity index is 698. The maximum Gasteiger partial charge on any atom is 0.246 e. The summed E-state index contributed by atoms with van der Waals surface area (Å²) < 4.78 is 54.0. The van der Waals surface area contributed by atoms with Gasteiger partial charge in [-0.05, 0) is 18.2 Å². The molecule has 0 aromatic heterocycles. The van der Waals surface area contributed by atoms with E-state index in [2.05, 4.69) is 0 Å². The lowest BCUT2D eigenvalue weighted by molar-refractivity contribution is 0.394. The number of nitrogens with zero attached hydrogens (tertiary/aromatic N) is 1. The third kappa shape index (κ3) is 2.89. The standard InChI is InChI=1S/C11H16N2O5S2/c1-18-10-3-2-9(12)8-11(10)20(16,17)13-4-6-19(14,15)7-5-13/h2-3,8H,4-7,12H2,1H3.